The number of carbonyl (C=O) groups is 1. The lowest BCUT2D eigenvalue weighted by Gasteiger charge is -2.15. The van der Waals surface area contributed by atoms with Crippen LogP contribution in [0.5, 0.6) is 5.75 Å². The van der Waals surface area contributed by atoms with Crippen molar-refractivity contribution in [3.05, 3.63) is 64.5 Å². The van der Waals surface area contributed by atoms with Crippen LogP contribution >= 0.6 is 11.6 Å². The van der Waals surface area contributed by atoms with Gasteiger partial charge in [-0.15, -0.1) is 0 Å². The minimum absolute atomic E-state index is 0.0397. The second-order valence-corrected chi connectivity index (χ2v) is 6.69. The van der Waals surface area contributed by atoms with Gasteiger partial charge in [0.1, 0.15) is 5.75 Å². The Hall–Kier alpha value is -2.86. The molecule has 3 aromatic rings. The largest absolute Gasteiger partial charge is 0.496 e. The number of hydrogen-bond donors (Lipinski definition) is 0. The molecule has 0 saturated heterocycles. The number of likely N-dealkylation sites (N-methyl/N-ethyl adjacent to an activating group) is 1. The number of amides is 1. The van der Waals surface area contributed by atoms with E-state index in [-0.39, 0.29) is 18.9 Å². The molecule has 0 aliphatic heterocycles. The quantitative estimate of drug-likeness (QED) is 0.643. The topological polar surface area (TPSA) is 68.5 Å². The van der Waals surface area contributed by atoms with Crippen molar-refractivity contribution in [3.63, 3.8) is 0 Å². The van der Waals surface area contributed by atoms with Gasteiger partial charge >= 0.3 is 0 Å². The minimum atomic E-state index is -0.0397. The summed E-state index contributed by atoms with van der Waals surface area (Å²) in [5.74, 6) is 1.58. The molecule has 27 heavy (non-hydrogen) atoms. The summed E-state index contributed by atoms with van der Waals surface area (Å²) in [4.78, 5) is 18.4. The number of aromatic nitrogens is 2. The molecule has 3 rings (SSSR count). The molecule has 6 nitrogen and oxygen atoms in total. The molecule has 0 fully saturated rings. The number of halogens is 1. The number of ether oxygens (including phenoxy) is 1. The second-order valence-electron chi connectivity index (χ2n) is 6.25. The Balaban J connectivity index is 1.64. The highest BCUT2D eigenvalue weighted by Crippen LogP contribution is 2.21. The van der Waals surface area contributed by atoms with Gasteiger partial charge in [-0.05, 0) is 36.2 Å². The number of rotatable bonds is 6. The van der Waals surface area contributed by atoms with Crippen LogP contribution in [-0.2, 0) is 17.8 Å². The molecule has 2 aromatic carbocycles. The van der Waals surface area contributed by atoms with E-state index in [1.807, 2.05) is 37.3 Å². The van der Waals surface area contributed by atoms with Crippen LogP contribution in [0.1, 0.15) is 17.0 Å². The summed E-state index contributed by atoms with van der Waals surface area (Å²) in [6.07, 6.45) is 0.288. The summed E-state index contributed by atoms with van der Waals surface area (Å²) < 4.78 is 10.5. The van der Waals surface area contributed by atoms with Gasteiger partial charge in [-0.2, -0.15) is 4.98 Å². The first-order chi connectivity index (χ1) is 13.0. The van der Waals surface area contributed by atoms with Crippen molar-refractivity contribution in [2.75, 3.05) is 14.2 Å². The third kappa shape index (κ3) is 4.65. The fraction of sp³-hybridized carbons (Fsp3) is 0.250. The zero-order valence-corrected chi connectivity index (χ0v) is 16.2. The van der Waals surface area contributed by atoms with Gasteiger partial charge in [-0.25, -0.2) is 0 Å². The highest BCUT2D eigenvalue weighted by Gasteiger charge is 2.16. The van der Waals surface area contributed by atoms with Crippen LogP contribution in [0, 0.1) is 6.92 Å². The molecule has 0 radical (unpaired) electrons. The number of aryl methyl sites for hydroxylation is 1. The predicted molar refractivity (Wildman–Crippen MR) is 103 cm³/mol. The number of carbonyl (C=O) groups excluding carboxylic acids is 1. The maximum Gasteiger partial charge on any atom is 0.246 e. The highest BCUT2D eigenvalue weighted by molar-refractivity contribution is 6.30. The summed E-state index contributed by atoms with van der Waals surface area (Å²) in [7, 11) is 3.34. The Kier molecular flexibility index (Phi) is 5.76. The predicted octanol–water partition coefficient (Wildman–Crippen LogP) is 3.91. The van der Waals surface area contributed by atoms with Gasteiger partial charge in [0.15, 0.2) is 0 Å². The van der Waals surface area contributed by atoms with E-state index in [1.165, 1.54) is 0 Å². The van der Waals surface area contributed by atoms with E-state index in [4.69, 9.17) is 20.9 Å². The molecule has 0 spiro atoms. The fourth-order valence-electron chi connectivity index (χ4n) is 2.72. The van der Waals surface area contributed by atoms with E-state index in [2.05, 4.69) is 10.1 Å². The molecule has 0 saturated carbocycles. The summed E-state index contributed by atoms with van der Waals surface area (Å²) in [6, 6.07) is 12.9. The Morgan fingerprint density at radius 1 is 1.26 bits per heavy atom. The first-order valence-electron chi connectivity index (χ1n) is 8.42. The first-order valence-corrected chi connectivity index (χ1v) is 8.80. The van der Waals surface area contributed by atoms with Gasteiger partial charge in [-0.1, -0.05) is 41.0 Å². The third-order valence-electron chi connectivity index (χ3n) is 4.16. The zero-order chi connectivity index (χ0) is 19.4. The molecule has 1 heterocycles. The van der Waals surface area contributed by atoms with E-state index < -0.39 is 0 Å². The molecular weight excluding hydrogens is 366 g/mol. The number of hydrogen-bond acceptors (Lipinski definition) is 5. The Labute approximate surface area is 162 Å². The van der Waals surface area contributed by atoms with E-state index in [0.29, 0.717) is 16.7 Å². The Morgan fingerprint density at radius 3 is 2.78 bits per heavy atom. The zero-order valence-electron chi connectivity index (χ0n) is 15.4. The standard InChI is InChI=1S/C20H20ClN3O3/c1-13-9-14(7-8-17(13)26-3)10-19(25)24(2)12-18-22-20(23-27-18)15-5-4-6-16(21)11-15/h4-9,11H,10,12H2,1-3H3. The van der Waals surface area contributed by atoms with Crippen molar-refractivity contribution in [3.8, 4) is 17.1 Å². The lowest BCUT2D eigenvalue weighted by Crippen LogP contribution is -2.27. The molecular formula is C20H20ClN3O3. The summed E-state index contributed by atoms with van der Waals surface area (Å²) >= 11 is 5.99. The summed E-state index contributed by atoms with van der Waals surface area (Å²) in [5, 5.41) is 4.56. The number of methoxy groups -OCH3 is 1. The maximum absolute atomic E-state index is 12.5. The van der Waals surface area contributed by atoms with Gasteiger partial charge < -0.3 is 14.2 Å². The van der Waals surface area contributed by atoms with E-state index in [9.17, 15) is 4.79 Å². The molecule has 0 N–H and O–H groups in total. The van der Waals surface area contributed by atoms with Crippen molar-refractivity contribution in [2.45, 2.75) is 19.9 Å². The fourth-order valence-corrected chi connectivity index (χ4v) is 2.91. The molecule has 7 heteroatoms. The smallest absolute Gasteiger partial charge is 0.246 e. The lowest BCUT2D eigenvalue weighted by atomic mass is 10.1. The molecule has 1 amide bonds. The molecule has 0 atom stereocenters. The average Bonchev–Trinajstić information content (AvgIpc) is 3.10. The van der Waals surface area contributed by atoms with Crippen LogP contribution in [-0.4, -0.2) is 35.1 Å². The molecule has 0 aliphatic rings. The highest BCUT2D eigenvalue weighted by atomic mass is 35.5. The number of nitrogens with zero attached hydrogens (tertiary/aromatic N) is 3. The molecule has 140 valence electrons. The Bertz CT molecular complexity index is 955. The molecule has 1 aromatic heterocycles. The minimum Gasteiger partial charge on any atom is -0.496 e. The van der Waals surface area contributed by atoms with Gasteiger partial charge in [0.25, 0.3) is 0 Å². The molecule has 0 bridgehead atoms. The second kappa shape index (κ2) is 8.22. The van der Waals surface area contributed by atoms with Crippen molar-refractivity contribution in [1.82, 2.24) is 15.0 Å². The monoisotopic (exact) mass is 385 g/mol. The summed E-state index contributed by atoms with van der Waals surface area (Å²) in [6.45, 7) is 2.19. The SMILES string of the molecule is COc1ccc(CC(=O)N(C)Cc2nc(-c3cccc(Cl)c3)no2)cc1C. The molecule has 0 aliphatic carbocycles. The molecule has 0 unspecified atom stereocenters. The average molecular weight is 386 g/mol. The van der Waals surface area contributed by atoms with Crippen LogP contribution in [0.3, 0.4) is 0 Å². The Morgan fingerprint density at radius 2 is 2.07 bits per heavy atom. The normalized spacial score (nSPS) is 10.7. The van der Waals surface area contributed by atoms with Gasteiger partial charge in [0, 0.05) is 17.6 Å². The maximum atomic E-state index is 12.5. The van der Waals surface area contributed by atoms with Crippen LogP contribution in [0.2, 0.25) is 5.02 Å². The van der Waals surface area contributed by atoms with Crippen molar-refractivity contribution in [2.24, 2.45) is 0 Å². The van der Waals surface area contributed by atoms with Gasteiger partial charge in [0.2, 0.25) is 17.6 Å². The van der Waals surface area contributed by atoms with Crippen LogP contribution in [0.25, 0.3) is 11.4 Å². The van der Waals surface area contributed by atoms with Gasteiger partial charge in [-0.3, -0.25) is 4.79 Å². The van der Waals surface area contributed by atoms with Crippen LogP contribution in [0.4, 0.5) is 0 Å². The van der Waals surface area contributed by atoms with Crippen molar-refractivity contribution < 1.29 is 14.1 Å². The van der Waals surface area contributed by atoms with Crippen LogP contribution in [0.15, 0.2) is 47.0 Å². The van der Waals surface area contributed by atoms with Crippen molar-refractivity contribution >= 4 is 17.5 Å². The lowest BCUT2D eigenvalue weighted by molar-refractivity contribution is -0.130. The third-order valence-corrected chi connectivity index (χ3v) is 4.40. The number of benzene rings is 2. The van der Waals surface area contributed by atoms with Gasteiger partial charge in [0.05, 0.1) is 20.1 Å². The summed E-state index contributed by atoms with van der Waals surface area (Å²) in [5.41, 5.74) is 2.68. The van der Waals surface area contributed by atoms with Crippen LogP contribution < -0.4 is 4.74 Å². The first kappa shape index (κ1) is 18.9. The van der Waals surface area contributed by atoms with E-state index in [0.717, 1.165) is 22.4 Å². The van der Waals surface area contributed by atoms with E-state index in [1.54, 1.807) is 31.2 Å². The van der Waals surface area contributed by atoms with Crippen molar-refractivity contribution in [1.29, 1.82) is 0 Å². The van der Waals surface area contributed by atoms with E-state index >= 15 is 0 Å².